The summed E-state index contributed by atoms with van der Waals surface area (Å²) in [5.74, 6) is 0. The minimum Gasteiger partial charge on any atom is -0.392 e. The monoisotopic (exact) mass is 276 g/mol. The maximum atomic E-state index is 12.9. The first-order valence-corrected chi connectivity index (χ1v) is 5.32. The highest BCUT2D eigenvalue weighted by atomic mass is 35.5. The lowest BCUT2D eigenvalue weighted by molar-refractivity contribution is -0.143. The molecule has 1 N–H and O–H groups in total. The van der Waals surface area contributed by atoms with E-state index in [4.69, 9.17) is 16.7 Å². The van der Waals surface area contributed by atoms with Crippen LogP contribution in [0, 0.1) is 0 Å². The second-order valence-corrected chi connectivity index (χ2v) is 4.00. The van der Waals surface area contributed by atoms with Gasteiger partial charge in [0.2, 0.25) is 0 Å². The van der Waals surface area contributed by atoms with Crippen molar-refractivity contribution in [3.05, 3.63) is 46.7 Å². The topological polar surface area (TPSA) is 38.1 Å². The molecule has 0 fully saturated rings. The zero-order valence-corrected chi connectivity index (χ0v) is 9.70. The van der Waals surface area contributed by atoms with Crippen LogP contribution in [-0.2, 0) is 12.8 Å². The molecule has 0 spiro atoms. The van der Waals surface area contributed by atoms with Crippen LogP contribution in [0.3, 0.4) is 0 Å². The first kappa shape index (κ1) is 12.9. The number of halogens is 4. The molecule has 0 atom stereocenters. The summed E-state index contributed by atoms with van der Waals surface area (Å²) in [6, 6.07) is 5.90. The fraction of sp³-hybridized carbons (Fsp3) is 0.182. The minimum absolute atomic E-state index is 0.189. The van der Waals surface area contributed by atoms with Gasteiger partial charge in [0.25, 0.3) is 0 Å². The van der Waals surface area contributed by atoms with E-state index in [0.717, 1.165) is 10.9 Å². The molecule has 0 radical (unpaired) electrons. The first-order chi connectivity index (χ1) is 8.43. The number of rotatable bonds is 2. The largest absolute Gasteiger partial charge is 0.433 e. The van der Waals surface area contributed by atoms with Crippen molar-refractivity contribution in [3.63, 3.8) is 0 Å². The Morgan fingerprint density at radius 2 is 2.06 bits per heavy atom. The van der Waals surface area contributed by atoms with Crippen LogP contribution in [0.15, 0.2) is 30.5 Å². The Kier molecular flexibility index (Phi) is 3.32. The van der Waals surface area contributed by atoms with E-state index in [1.54, 1.807) is 6.07 Å². The van der Waals surface area contributed by atoms with Crippen molar-refractivity contribution in [1.82, 2.24) is 9.78 Å². The van der Waals surface area contributed by atoms with Gasteiger partial charge in [-0.15, -0.1) is 0 Å². The molecule has 0 amide bonds. The van der Waals surface area contributed by atoms with E-state index in [1.165, 1.54) is 18.2 Å². The quantitative estimate of drug-likeness (QED) is 0.915. The number of aliphatic hydroxyl groups excluding tert-OH is 1. The molecule has 0 bridgehead atoms. The van der Waals surface area contributed by atoms with E-state index in [9.17, 15) is 13.2 Å². The van der Waals surface area contributed by atoms with E-state index in [2.05, 4.69) is 5.10 Å². The number of hydrogen-bond donors (Lipinski definition) is 1. The number of hydrogen-bond acceptors (Lipinski definition) is 2. The molecular weight excluding hydrogens is 269 g/mol. The Balaban J connectivity index is 2.62. The fourth-order valence-corrected chi connectivity index (χ4v) is 1.79. The van der Waals surface area contributed by atoms with Crippen LogP contribution in [0.1, 0.15) is 11.3 Å². The number of nitrogens with zero attached hydrogens (tertiary/aromatic N) is 2. The maximum absolute atomic E-state index is 12.9. The average molecular weight is 277 g/mol. The van der Waals surface area contributed by atoms with E-state index in [-0.39, 0.29) is 11.3 Å². The Hall–Kier alpha value is -1.53. The van der Waals surface area contributed by atoms with Crippen molar-refractivity contribution in [2.24, 2.45) is 0 Å². The summed E-state index contributed by atoms with van der Waals surface area (Å²) in [6.07, 6.45) is -3.61. The summed E-state index contributed by atoms with van der Waals surface area (Å²) in [7, 11) is 0. The summed E-state index contributed by atoms with van der Waals surface area (Å²) < 4.78 is 39.5. The molecule has 1 aromatic heterocycles. The molecule has 0 aliphatic carbocycles. The molecule has 1 aromatic carbocycles. The Morgan fingerprint density at radius 3 is 2.61 bits per heavy atom. The molecule has 2 rings (SSSR count). The van der Waals surface area contributed by atoms with Crippen LogP contribution in [0.25, 0.3) is 5.69 Å². The predicted molar refractivity (Wildman–Crippen MR) is 59.5 cm³/mol. The van der Waals surface area contributed by atoms with E-state index < -0.39 is 18.5 Å². The molecule has 3 nitrogen and oxygen atoms in total. The highest BCUT2D eigenvalue weighted by Gasteiger charge is 2.38. The SMILES string of the molecule is OCc1cnn(-c2cccc(Cl)c2)c1C(F)(F)F. The third-order valence-electron chi connectivity index (χ3n) is 2.34. The second-order valence-electron chi connectivity index (χ2n) is 3.57. The molecule has 0 aliphatic rings. The van der Waals surface area contributed by atoms with Gasteiger partial charge in [-0.2, -0.15) is 18.3 Å². The van der Waals surface area contributed by atoms with Crippen LogP contribution in [0.5, 0.6) is 0 Å². The smallest absolute Gasteiger partial charge is 0.392 e. The molecule has 96 valence electrons. The van der Waals surface area contributed by atoms with Gasteiger partial charge in [0.05, 0.1) is 18.5 Å². The van der Waals surface area contributed by atoms with Crippen LogP contribution in [0.4, 0.5) is 13.2 Å². The first-order valence-electron chi connectivity index (χ1n) is 4.94. The lowest BCUT2D eigenvalue weighted by atomic mass is 10.2. The molecule has 0 aliphatic heterocycles. The van der Waals surface area contributed by atoms with Crippen LogP contribution >= 0.6 is 11.6 Å². The lowest BCUT2D eigenvalue weighted by Gasteiger charge is -2.12. The summed E-state index contributed by atoms with van der Waals surface area (Å²) in [5.41, 5.74) is -1.08. The highest BCUT2D eigenvalue weighted by Crippen LogP contribution is 2.33. The second kappa shape index (κ2) is 4.62. The van der Waals surface area contributed by atoms with Gasteiger partial charge in [0.1, 0.15) is 0 Å². The molecule has 7 heteroatoms. The maximum Gasteiger partial charge on any atom is 0.433 e. The minimum atomic E-state index is -4.60. The Bertz CT molecular complexity index is 566. The summed E-state index contributed by atoms with van der Waals surface area (Å²) in [6.45, 7) is -0.727. The van der Waals surface area contributed by atoms with Crippen molar-refractivity contribution in [2.75, 3.05) is 0 Å². The number of aliphatic hydroxyl groups is 1. The van der Waals surface area contributed by atoms with Gasteiger partial charge < -0.3 is 5.11 Å². The van der Waals surface area contributed by atoms with Crippen molar-refractivity contribution in [3.8, 4) is 5.69 Å². The van der Waals surface area contributed by atoms with Gasteiger partial charge >= 0.3 is 6.18 Å². The number of benzene rings is 1. The normalized spacial score (nSPS) is 11.8. The lowest BCUT2D eigenvalue weighted by Crippen LogP contribution is -2.15. The summed E-state index contributed by atoms with van der Waals surface area (Å²) in [5, 5.41) is 12.9. The van der Waals surface area contributed by atoms with Gasteiger partial charge in [-0.05, 0) is 18.2 Å². The van der Waals surface area contributed by atoms with Gasteiger partial charge in [-0.3, -0.25) is 0 Å². The molecule has 0 unspecified atom stereocenters. The third-order valence-corrected chi connectivity index (χ3v) is 2.57. The summed E-state index contributed by atoms with van der Waals surface area (Å²) >= 11 is 5.73. The fourth-order valence-electron chi connectivity index (χ4n) is 1.60. The van der Waals surface area contributed by atoms with Crippen LogP contribution in [0.2, 0.25) is 5.02 Å². The standard InChI is InChI=1S/C11H8ClF3N2O/c12-8-2-1-3-9(4-8)17-10(11(13,14)15)7(6-18)5-16-17/h1-5,18H,6H2. The van der Waals surface area contributed by atoms with Crippen molar-refractivity contribution >= 4 is 11.6 Å². The zero-order valence-electron chi connectivity index (χ0n) is 8.95. The van der Waals surface area contributed by atoms with Crippen LogP contribution in [-0.4, -0.2) is 14.9 Å². The molecule has 0 saturated carbocycles. The van der Waals surface area contributed by atoms with Gasteiger partial charge in [-0.25, -0.2) is 4.68 Å². The number of aromatic nitrogens is 2. The molecular formula is C11H8ClF3N2O. The highest BCUT2D eigenvalue weighted by molar-refractivity contribution is 6.30. The molecule has 2 aromatic rings. The molecule has 1 heterocycles. The van der Waals surface area contributed by atoms with Gasteiger partial charge in [0.15, 0.2) is 5.69 Å². The number of alkyl halides is 3. The van der Waals surface area contributed by atoms with Gasteiger partial charge in [-0.1, -0.05) is 17.7 Å². The van der Waals surface area contributed by atoms with Crippen LogP contribution < -0.4 is 0 Å². The van der Waals surface area contributed by atoms with E-state index in [1.807, 2.05) is 0 Å². The zero-order chi connectivity index (χ0) is 13.3. The van der Waals surface area contributed by atoms with E-state index in [0.29, 0.717) is 5.02 Å². The van der Waals surface area contributed by atoms with Gasteiger partial charge in [0, 0.05) is 10.6 Å². The van der Waals surface area contributed by atoms with Crippen molar-refractivity contribution in [2.45, 2.75) is 12.8 Å². The molecule has 0 saturated heterocycles. The Morgan fingerprint density at radius 1 is 1.33 bits per heavy atom. The predicted octanol–water partition coefficient (Wildman–Crippen LogP) is 3.04. The molecule has 18 heavy (non-hydrogen) atoms. The summed E-state index contributed by atoms with van der Waals surface area (Å²) in [4.78, 5) is 0. The van der Waals surface area contributed by atoms with Crippen molar-refractivity contribution < 1.29 is 18.3 Å². The van der Waals surface area contributed by atoms with E-state index >= 15 is 0 Å². The average Bonchev–Trinajstić information content (AvgIpc) is 2.72. The van der Waals surface area contributed by atoms with Crippen molar-refractivity contribution in [1.29, 1.82) is 0 Å². The third kappa shape index (κ3) is 2.34. The Labute approximate surface area is 105 Å².